The van der Waals surface area contributed by atoms with Crippen molar-refractivity contribution in [3.63, 3.8) is 0 Å². The van der Waals surface area contributed by atoms with Crippen molar-refractivity contribution in [1.29, 1.82) is 5.26 Å². The van der Waals surface area contributed by atoms with Crippen LogP contribution in [0.4, 0.5) is 5.82 Å². The Hall–Kier alpha value is -1.60. The van der Waals surface area contributed by atoms with E-state index in [0.717, 1.165) is 31.7 Å². The van der Waals surface area contributed by atoms with Gasteiger partial charge in [-0.05, 0) is 25.0 Å². The lowest BCUT2D eigenvalue weighted by Crippen LogP contribution is -2.36. The third-order valence-corrected chi connectivity index (χ3v) is 2.64. The number of piperidine rings is 1. The maximum absolute atomic E-state index is 9.38. The summed E-state index contributed by atoms with van der Waals surface area (Å²) in [5, 5.41) is 18.1. The van der Waals surface area contributed by atoms with E-state index in [2.05, 4.69) is 9.88 Å². The van der Waals surface area contributed by atoms with Gasteiger partial charge in [-0.25, -0.2) is 4.98 Å². The highest BCUT2D eigenvalue weighted by atomic mass is 16.3. The van der Waals surface area contributed by atoms with E-state index in [-0.39, 0.29) is 6.10 Å². The summed E-state index contributed by atoms with van der Waals surface area (Å²) in [6, 6.07) is 7.47. The Morgan fingerprint density at radius 3 is 2.80 bits per heavy atom. The summed E-state index contributed by atoms with van der Waals surface area (Å²) >= 11 is 0. The van der Waals surface area contributed by atoms with Crippen LogP contribution in [0, 0.1) is 11.3 Å². The van der Waals surface area contributed by atoms with E-state index in [1.165, 1.54) is 0 Å². The zero-order valence-corrected chi connectivity index (χ0v) is 8.43. The van der Waals surface area contributed by atoms with Crippen molar-refractivity contribution < 1.29 is 5.11 Å². The highest BCUT2D eigenvalue weighted by Crippen LogP contribution is 2.17. The first kappa shape index (κ1) is 9.94. The van der Waals surface area contributed by atoms with Gasteiger partial charge in [0, 0.05) is 13.1 Å². The lowest BCUT2D eigenvalue weighted by molar-refractivity contribution is 0.145. The summed E-state index contributed by atoms with van der Waals surface area (Å²) in [6.07, 6.45) is 1.37. The van der Waals surface area contributed by atoms with Crippen LogP contribution >= 0.6 is 0 Å². The van der Waals surface area contributed by atoms with Crippen molar-refractivity contribution in [2.75, 3.05) is 18.0 Å². The standard InChI is InChI=1S/C11H13N3O/c12-8-9-2-1-3-11(13-9)14-6-4-10(15)5-7-14/h1-3,10,15H,4-7H2. The fourth-order valence-corrected chi connectivity index (χ4v) is 1.76. The van der Waals surface area contributed by atoms with Crippen molar-refractivity contribution in [3.05, 3.63) is 23.9 Å². The molecule has 78 valence electrons. The molecule has 0 amide bonds. The van der Waals surface area contributed by atoms with Crippen LogP contribution in [0.5, 0.6) is 0 Å². The second-order valence-corrected chi connectivity index (χ2v) is 3.71. The van der Waals surface area contributed by atoms with Crippen molar-refractivity contribution >= 4 is 5.82 Å². The maximum Gasteiger partial charge on any atom is 0.142 e. The van der Waals surface area contributed by atoms with Gasteiger partial charge in [-0.2, -0.15) is 5.26 Å². The van der Waals surface area contributed by atoms with Crippen LogP contribution in [0.15, 0.2) is 18.2 Å². The minimum atomic E-state index is -0.180. The summed E-state index contributed by atoms with van der Waals surface area (Å²) in [5.41, 5.74) is 0.443. The molecule has 1 fully saturated rings. The van der Waals surface area contributed by atoms with Crippen LogP contribution in [-0.4, -0.2) is 29.3 Å². The number of hydrogen-bond donors (Lipinski definition) is 1. The Kier molecular flexibility index (Phi) is 2.84. The lowest BCUT2D eigenvalue weighted by Gasteiger charge is -2.30. The molecule has 1 aliphatic heterocycles. The number of pyridine rings is 1. The number of rotatable bonds is 1. The second-order valence-electron chi connectivity index (χ2n) is 3.71. The molecule has 0 spiro atoms. The third kappa shape index (κ3) is 2.25. The van der Waals surface area contributed by atoms with E-state index in [1.54, 1.807) is 6.07 Å². The molecule has 1 saturated heterocycles. The molecule has 1 N–H and O–H groups in total. The van der Waals surface area contributed by atoms with Crippen molar-refractivity contribution in [2.24, 2.45) is 0 Å². The fourth-order valence-electron chi connectivity index (χ4n) is 1.76. The van der Waals surface area contributed by atoms with Crippen LogP contribution < -0.4 is 4.90 Å². The first-order valence-electron chi connectivity index (χ1n) is 5.10. The van der Waals surface area contributed by atoms with Crippen LogP contribution in [0.2, 0.25) is 0 Å². The van der Waals surface area contributed by atoms with Gasteiger partial charge < -0.3 is 10.0 Å². The molecule has 0 radical (unpaired) electrons. The number of anilines is 1. The van der Waals surface area contributed by atoms with Gasteiger partial charge in [0.2, 0.25) is 0 Å². The smallest absolute Gasteiger partial charge is 0.142 e. The van der Waals surface area contributed by atoms with Crippen molar-refractivity contribution in [1.82, 2.24) is 4.98 Å². The molecule has 1 aromatic heterocycles. The molecule has 0 aliphatic carbocycles. The molecule has 0 unspecified atom stereocenters. The summed E-state index contributed by atoms with van der Waals surface area (Å²) in [6.45, 7) is 1.62. The zero-order chi connectivity index (χ0) is 10.7. The average molecular weight is 203 g/mol. The van der Waals surface area contributed by atoms with Crippen molar-refractivity contribution in [3.8, 4) is 6.07 Å². The molecule has 15 heavy (non-hydrogen) atoms. The van der Waals surface area contributed by atoms with E-state index in [9.17, 15) is 5.11 Å². The maximum atomic E-state index is 9.38. The number of hydrogen-bond acceptors (Lipinski definition) is 4. The molecular formula is C11H13N3O. The number of nitrogens with zero attached hydrogens (tertiary/aromatic N) is 3. The zero-order valence-electron chi connectivity index (χ0n) is 8.43. The first-order valence-corrected chi connectivity index (χ1v) is 5.10. The molecule has 2 heterocycles. The summed E-state index contributed by atoms with van der Waals surface area (Å²) < 4.78 is 0. The minimum absolute atomic E-state index is 0.180. The Labute approximate surface area is 88.8 Å². The normalized spacial score (nSPS) is 17.5. The first-order chi connectivity index (χ1) is 7.29. The summed E-state index contributed by atoms with van der Waals surface area (Å²) in [7, 11) is 0. The van der Waals surface area contributed by atoms with E-state index in [4.69, 9.17) is 5.26 Å². The molecular weight excluding hydrogens is 190 g/mol. The topological polar surface area (TPSA) is 60.2 Å². The third-order valence-electron chi connectivity index (χ3n) is 2.64. The lowest BCUT2D eigenvalue weighted by atomic mass is 10.1. The molecule has 4 nitrogen and oxygen atoms in total. The SMILES string of the molecule is N#Cc1cccc(N2CCC(O)CC2)n1. The number of nitriles is 1. The van der Waals surface area contributed by atoms with Gasteiger partial charge in [-0.1, -0.05) is 6.07 Å². The molecule has 0 saturated carbocycles. The Morgan fingerprint density at radius 2 is 2.13 bits per heavy atom. The molecule has 2 rings (SSSR count). The van der Waals surface area contributed by atoms with Crippen LogP contribution in [0.3, 0.4) is 0 Å². The Bertz CT molecular complexity index is 378. The summed E-state index contributed by atoms with van der Waals surface area (Å²) in [5.74, 6) is 0.834. The molecule has 0 bridgehead atoms. The van der Waals surface area contributed by atoms with E-state index >= 15 is 0 Å². The molecule has 0 atom stereocenters. The highest BCUT2D eigenvalue weighted by molar-refractivity contribution is 5.41. The Balaban J connectivity index is 2.12. The van der Waals surface area contributed by atoms with Crippen LogP contribution in [0.1, 0.15) is 18.5 Å². The van der Waals surface area contributed by atoms with Crippen LogP contribution in [-0.2, 0) is 0 Å². The summed E-state index contributed by atoms with van der Waals surface area (Å²) in [4.78, 5) is 6.33. The number of aliphatic hydroxyl groups is 1. The van der Waals surface area contributed by atoms with Gasteiger partial charge in [0.15, 0.2) is 0 Å². The van der Waals surface area contributed by atoms with Gasteiger partial charge in [-0.15, -0.1) is 0 Å². The highest BCUT2D eigenvalue weighted by Gasteiger charge is 2.17. The van der Waals surface area contributed by atoms with Gasteiger partial charge in [0.05, 0.1) is 6.10 Å². The van der Waals surface area contributed by atoms with Gasteiger partial charge in [0.1, 0.15) is 17.6 Å². The van der Waals surface area contributed by atoms with Gasteiger partial charge in [0.25, 0.3) is 0 Å². The molecule has 0 aromatic carbocycles. The quantitative estimate of drug-likeness (QED) is 0.737. The van der Waals surface area contributed by atoms with E-state index in [1.807, 2.05) is 18.2 Å². The largest absolute Gasteiger partial charge is 0.393 e. The van der Waals surface area contributed by atoms with Crippen LogP contribution in [0.25, 0.3) is 0 Å². The van der Waals surface area contributed by atoms with Gasteiger partial charge >= 0.3 is 0 Å². The predicted molar refractivity (Wildman–Crippen MR) is 56.4 cm³/mol. The van der Waals surface area contributed by atoms with E-state index < -0.39 is 0 Å². The van der Waals surface area contributed by atoms with Crippen molar-refractivity contribution in [2.45, 2.75) is 18.9 Å². The van der Waals surface area contributed by atoms with E-state index in [0.29, 0.717) is 5.69 Å². The number of aromatic nitrogens is 1. The fraction of sp³-hybridized carbons (Fsp3) is 0.455. The predicted octanol–water partition coefficient (Wildman–Crippen LogP) is 0.914. The molecule has 1 aliphatic rings. The van der Waals surface area contributed by atoms with Gasteiger partial charge in [-0.3, -0.25) is 0 Å². The Morgan fingerprint density at radius 1 is 1.40 bits per heavy atom. The second kappa shape index (κ2) is 4.28. The monoisotopic (exact) mass is 203 g/mol. The average Bonchev–Trinajstić information content (AvgIpc) is 2.30. The minimum Gasteiger partial charge on any atom is -0.393 e. The molecule has 1 aromatic rings. The molecule has 4 heteroatoms. The number of aliphatic hydroxyl groups excluding tert-OH is 1.